The number of hydrogen-bond donors (Lipinski definition) is 0. The van der Waals surface area contributed by atoms with Gasteiger partial charge in [0.25, 0.3) is 5.91 Å². The van der Waals surface area contributed by atoms with Crippen molar-refractivity contribution in [1.82, 2.24) is 19.7 Å². The molecule has 1 fully saturated rings. The molecule has 1 aromatic heterocycles. The van der Waals surface area contributed by atoms with E-state index in [4.69, 9.17) is 11.6 Å². The summed E-state index contributed by atoms with van der Waals surface area (Å²) in [7, 11) is 1.20. The minimum atomic E-state index is -4.63. The molecule has 2 aromatic rings. The van der Waals surface area contributed by atoms with Gasteiger partial charge >= 0.3 is 6.18 Å². The van der Waals surface area contributed by atoms with Crippen LogP contribution in [0.4, 0.5) is 13.2 Å². The van der Waals surface area contributed by atoms with Gasteiger partial charge in [0.1, 0.15) is 0 Å². The minimum absolute atomic E-state index is 0.0218. The average Bonchev–Trinajstić information content (AvgIpc) is 2.90. The summed E-state index contributed by atoms with van der Waals surface area (Å²) in [5.74, 6) is -2.03. The first-order valence-corrected chi connectivity index (χ1v) is 9.68. The molecule has 0 N–H and O–H groups in total. The SMILES string of the molecule is Cn1c(SC2CCCCN(C(=O)c3ccc(Cl)cc3)C2=O)nnc1C(F)(F)F. The van der Waals surface area contributed by atoms with Crippen LogP contribution in [0.2, 0.25) is 5.02 Å². The largest absolute Gasteiger partial charge is 0.451 e. The Balaban J connectivity index is 1.81. The van der Waals surface area contributed by atoms with E-state index in [1.54, 1.807) is 12.1 Å². The number of rotatable bonds is 3. The summed E-state index contributed by atoms with van der Waals surface area (Å²) >= 11 is 6.72. The van der Waals surface area contributed by atoms with Crippen molar-refractivity contribution in [3.8, 4) is 0 Å². The Morgan fingerprint density at radius 2 is 1.89 bits per heavy atom. The molecular weight excluding hydrogens is 417 g/mol. The maximum atomic E-state index is 12.9. The van der Waals surface area contributed by atoms with E-state index in [2.05, 4.69) is 10.2 Å². The topological polar surface area (TPSA) is 68.1 Å². The summed E-state index contributed by atoms with van der Waals surface area (Å²) in [5.41, 5.74) is 0.321. The number of halogens is 4. The second-order valence-electron chi connectivity index (χ2n) is 6.27. The van der Waals surface area contributed by atoms with E-state index in [0.29, 0.717) is 29.8 Å². The van der Waals surface area contributed by atoms with Gasteiger partial charge in [0.2, 0.25) is 11.7 Å². The third kappa shape index (κ3) is 4.33. The lowest BCUT2D eigenvalue weighted by molar-refractivity contribution is -0.147. The van der Waals surface area contributed by atoms with Crippen molar-refractivity contribution in [3.05, 3.63) is 40.7 Å². The van der Waals surface area contributed by atoms with Gasteiger partial charge in [-0.2, -0.15) is 13.2 Å². The first-order valence-electron chi connectivity index (χ1n) is 8.43. The summed E-state index contributed by atoms with van der Waals surface area (Å²) < 4.78 is 39.5. The van der Waals surface area contributed by atoms with Crippen molar-refractivity contribution in [3.63, 3.8) is 0 Å². The second kappa shape index (κ2) is 8.12. The normalized spacial score (nSPS) is 18.2. The number of aromatic nitrogens is 3. The molecule has 1 aliphatic heterocycles. The maximum Gasteiger partial charge on any atom is 0.451 e. The van der Waals surface area contributed by atoms with Crippen LogP contribution in [0.1, 0.15) is 35.4 Å². The van der Waals surface area contributed by atoms with E-state index >= 15 is 0 Å². The van der Waals surface area contributed by atoms with Crippen molar-refractivity contribution >= 4 is 35.2 Å². The molecule has 1 aliphatic rings. The number of nitrogens with zero attached hydrogens (tertiary/aromatic N) is 4. The number of likely N-dealkylation sites (tertiary alicyclic amines) is 1. The molecule has 1 saturated heterocycles. The summed E-state index contributed by atoms with van der Waals surface area (Å²) in [5, 5.41) is 6.46. The van der Waals surface area contributed by atoms with E-state index in [9.17, 15) is 22.8 Å². The van der Waals surface area contributed by atoms with Crippen LogP contribution in [0.15, 0.2) is 29.4 Å². The fourth-order valence-electron chi connectivity index (χ4n) is 2.86. The van der Waals surface area contributed by atoms with Gasteiger partial charge in [-0.15, -0.1) is 10.2 Å². The van der Waals surface area contributed by atoms with Crippen LogP contribution in [0.25, 0.3) is 0 Å². The molecule has 0 saturated carbocycles. The molecule has 0 bridgehead atoms. The third-order valence-corrected chi connectivity index (χ3v) is 5.85. The van der Waals surface area contributed by atoms with E-state index in [-0.39, 0.29) is 11.7 Å². The number of imide groups is 1. The second-order valence-corrected chi connectivity index (χ2v) is 7.87. The fraction of sp³-hybridized carbons (Fsp3) is 0.412. The van der Waals surface area contributed by atoms with Crippen molar-refractivity contribution < 1.29 is 22.8 Å². The molecule has 0 aliphatic carbocycles. The average molecular weight is 433 g/mol. The number of benzene rings is 1. The Hall–Kier alpha value is -2.07. The van der Waals surface area contributed by atoms with E-state index < -0.39 is 29.1 Å². The van der Waals surface area contributed by atoms with Gasteiger partial charge in [0.15, 0.2) is 5.16 Å². The van der Waals surface area contributed by atoms with E-state index in [0.717, 1.165) is 21.2 Å². The molecule has 28 heavy (non-hydrogen) atoms. The Labute approximate surface area is 168 Å². The molecule has 0 radical (unpaired) electrons. The Kier molecular flexibility index (Phi) is 5.99. The number of amides is 2. The van der Waals surface area contributed by atoms with Crippen LogP contribution in [0, 0.1) is 0 Å². The third-order valence-electron chi connectivity index (χ3n) is 4.31. The van der Waals surface area contributed by atoms with Crippen LogP contribution in [-0.4, -0.2) is 43.3 Å². The van der Waals surface area contributed by atoms with Crippen molar-refractivity contribution in [2.75, 3.05) is 6.54 Å². The lowest BCUT2D eigenvalue weighted by Gasteiger charge is -2.22. The lowest BCUT2D eigenvalue weighted by atomic mass is 10.2. The number of carbonyl (C=O) groups excluding carboxylic acids is 2. The lowest BCUT2D eigenvalue weighted by Crippen LogP contribution is -2.41. The Bertz CT molecular complexity index is 886. The maximum absolute atomic E-state index is 12.9. The molecule has 1 unspecified atom stereocenters. The highest BCUT2D eigenvalue weighted by Crippen LogP contribution is 2.33. The molecule has 11 heteroatoms. The molecule has 1 atom stereocenters. The molecule has 2 amide bonds. The van der Waals surface area contributed by atoms with E-state index in [1.165, 1.54) is 19.2 Å². The Morgan fingerprint density at radius 3 is 2.50 bits per heavy atom. The summed E-state index contributed by atoms with van der Waals surface area (Å²) in [6, 6.07) is 6.18. The van der Waals surface area contributed by atoms with Crippen LogP contribution >= 0.6 is 23.4 Å². The highest BCUT2D eigenvalue weighted by molar-refractivity contribution is 8.00. The molecule has 3 rings (SSSR count). The highest BCUT2D eigenvalue weighted by atomic mass is 35.5. The zero-order valence-electron chi connectivity index (χ0n) is 14.7. The fourth-order valence-corrected chi connectivity index (χ4v) is 4.08. The zero-order chi connectivity index (χ0) is 20.5. The highest BCUT2D eigenvalue weighted by Gasteiger charge is 2.39. The van der Waals surface area contributed by atoms with Crippen LogP contribution in [0.5, 0.6) is 0 Å². The molecule has 1 aromatic carbocycles. The van der Waals surface area contributed by atoms with Crippen molar-refractivity contribution in [2.24, 2.45) is 7.05 Å². The first-order chi connectivity index (χ1) is 13.2. The van der Waals surface area contributed by atoms with Gasteiger partial charge in [0.05, 0.1) is 5.25 Å². The zero-order valence-corrected chi connectivity index (χ0v) is 16.3. The van der Waals surface area contributed by atoms with Gasteiger partial charge in [-0.25, -0.2) is 0 Å². The molecule has 6 nitrogen and oxygen atoms in total. The van der Waals surface area contributed by atoms with Gasteiger partial charge in [-0.05, 0) is 37.1 Å². The number of carbonyl (C=O) groups is 2. The van der Waals surface area contributed by atoms with Crippen LogP contribution in [-0.2, 0) is 18.0 Å². The van der Waals surface area contributed by atoms with Gasteiger partial charge < -0.3 is 4.57 Å². The number of alkyl halides is 3. The quantitative estimate of drug-likeness (QED) is 0.690. The van der Waals surface area contributed by atoms with Crippen LogP contribution in [0.3, 0.4) is 0 Å². The first kappa shape index (κ1) is 20.7. The number of hydrogen-bond acceptors (Lipinski definition) is 5. The molecule has 2 heterocycles. The van der Waals surface area contributed by atoms with Crippen molar-refractivity contribution in [2.45, 2.75) is 35.8 Å². The predicted molar refractivity (Wildman–Crippen MR) is 97.0 cm³/mol. The minimum Gasteiger partial charge on any atom is -0.302 e. The van der Waals surface area contributed by atoms with Gasteiger partial charge in [-0.1, -0.05) is 29.8 Å². The Morgan fingerprint density at radius 1 is 1.21 bits per heavy atom. The van der Waals surface area contributed by atoms with E-state index in [1.807, 2.05) is 0 Å². The standard InChI is InChI=1S/C17H16ClF3N4O2S/c1-24-15(17(19,20)21)22-23-16(24)28-12-4-2-3-9-25(14(12)27)13(26)10-5-7-11(18)8-6-10/h5-8,12H,2-4,9H2,1H3. The molecule has 150 valence electrons. The van der Waals surface area contributed by atoms with Gasteiger partial charge in [-0.3, -0.25) is 14.5 Å². The van der Waals surface area contributed by atoms with Gasteiger partial charge in [0, 0.05) is 24.2 Å². The predicted octanol–water partition coefficient (Wildman–Crippen LogP) is 3.80. The molecular formula is C17H16ClF3N4O2S. The van der Waals surface area contributed by atoms with Crippen LogP contribution < -0.4 is 0 Å². The van der Waals surface area contributed by atoms with Crippen molar-refractivity contribution in [1.29, 1.82) is 0 Å². The summed E-state index contributed by atoms with van der Waals surface area (Å²) in [6.45, 7) is 0.254. The summed E-state index contributed by atoms with van der Waals surface area (Å²) in [6.07, 6.45) is -2.92. The monoisotopic (exact) mass is 432 g/mol. The summed E-state index contributed by atoms with van der Waals surface area (Å²) in [4.78, 5) is 26.8. The molecule has 0 spiro atoms. The number of thioether (sulfide) groups is 1. The smallest absolute Gasteiger partial charge is 0.302 e.